The lowest BCUT2D eigenvalue weighted by atomic mass is 10.2. The summed E-state index contributed by atoms with van der Waals surface area (Å²) >= 11 is 0. The molecule has 0 aliphatic heterocycles. The summed E-state index contributed by atoms with van der Waals surface area (Å²) in [5.41, 5.74) is 0.926. The van der Waals surface area contributed by atoms with Gasteiger partial charge in [-0.3, -0.25) is 4.90 Å². The van der Waals surface area contributed by atoms with Gasteiger partial charge in [-0.2, -0.15) is 0 Å². The van der Waals surface area contributed by atoms with Crippen molar-refractivity contribution in [2.24, 2.45) is 0 Å². The average Bonchev–Trinajstić information content (AvgIpc) is 2.47. The zero-order valence-corrected chi connectivity index (χ0v) is 13.4. The van der Waals surface area contributed by atoms with Gasteiger partial charge in [0.2, 0.25) is 0 Å². The third kappa shape index (κ3) is 7.17. The van der Waals surface area contributed by atoms with Crippen LogP contribution in [0.15, 0.2) is 24.3 Å². The van der Waals surface area contributed by atoms with Gasteiger partial charge in [0.05, 0.1) is 6.61 Å². The van der Waals surface area contributed by atoms with Gasteiger partial charge < -0.3 is 9.84 Å². The van der Waals surface area contributed by atoms with E-state index in [1.54, 1.807) is 0 Å². The SMILES string of the molecule is CCCN(CCOc1cccc(C#CCCO)c1)C(C)C. The maximum atomic E-state index is 8.72. The van der Waals surface area contributed by atoms with Crippen LogP contribution in [0.25, 0.3) is 0 Å². The van der Waals surface area contributed by atoms with Crippen molar-refractivity contribution in [2.75, 3.05) is 26.3 Å². The molecule has 1 aromatic rings. The zero-order valence-electron chi connectivity index (χ0n) is 13.4. The van der Waals surface area contributed by atoms with Crippen molar-refractivity contribution >= 4 is 0 Å². The molecule has 1 rings (SSSR count). The molecule has 0 unspecified atom stereocenters. The minimum atomic E-state index is 0.103. The Morgan fingerprint density at radius 2 is 2.10 bits per heavy atom. The van der Waals surface area contributed by atoms with Crippen LogP contribution in [-0.2, 0) is 0 Å². The lowest BCUT2D eigenvalue weighted by Gasteiger charge is -2.25. The van der Waals surface area contributed by atoms with E-state index in [1.807, 2.05) is 24.3 Å². The minimum absolute atomic E-state index is 0.103. The fraction of sp³-hybridized carbons (Fsp3) is 0.556. The molecule has 0 aromatic heterocycles. The van der Waals surface area contributed by atoms with Crippen LogP contribution in [0.1, 0.15) is 39.2 Å². The second-order valence-electron chi connectivity index (χ2n) is 5.28. The molecule has 3 heteroatoms. The molecule has 21 heavy (non-hydrogen) atoms. The van der Waals surface area contributed by atoms with E-state index in [2.05, 4.69) is 37.5 Å². The van der Waals surface area contributed by atoms with E-state index in [4.69, 9.17) is 9.84 Å². The highest BCUT2D eigenvalue weighted by atomic mass is 16.5. The van der Waals surface area contributed by atoms with E-state index in [9.17, 15) is 0 Å². The molecule has 0 heterocycles. The summed E-state index contributed by atoms with van der Waals surface area (Å²) in [7, 11) is 0. The number of nitrogens with zero attached hydrogens (tertiary/aromatic N) is 1. The van der Waals surface area contributed by atoms with Crippen molar-refractivity contribution in [1.82, 2.24) is 4.90 Å². The van der Waals surface area contributed by atoms with Gasteiger partial charge in [-0.1, -0.05) is 24.8 Å². The first kappa shape index (κ1) is 17.6. The average molecular weight is 289 g/mol. The normalized spacial score (nSPS) is 10.6. The molecule has 0 aliphatic rings. The molecule has 0 bridgehead atoms. The molecule has 1 N–H and O–H groups in total. The predicted octanol–water partition coefficient (Wildman–Crippen LogP) is 2.92. The molecular formula is C18H27NO2. The van der Waals surface area contributed by atoms with Gasteiger partial charge in [0.1, 0.15) is 12.4 Å². The predicted molar refractivity (Wildman–Crippen MR) is 87.5 cm³/mol. The molecule has 0 fully saturated rings. The van der Waals surface area contributed by atoms with Crippen LogP contribution < -0.4 is 4.74 Å². The van der Waals surface area contributed by atoms with Crippen molar-refractivity contribution in [2.45, 2.75) is 39.7 Å². The topological polar surface area (TPSA) is 32.7 Å². The fourth-order valence-corrected chi connectivity index (χ4v) is 2.08. The van der Waals surface area contributed by atoms with Gasteiger partial charge in [-0.25, -0.2) is 0 Å². The summed E-state index contributed by atoms with van der Waals surface area (Å²) < 4.78 is 5.82. The number of hydrogen-bond acceptors (Lipinski definition) is 3. The van der Waals surface area contributed by atoms with E-state index in [-0.39, 0.29) is 6.61 Å². The number of aliphatic hydroxyl groups is 1. The third-order valence-electron chi connectivity index (χ3n) is 3.19. The van der Waals surface area contributed by atoms with Crippen LogP contribution in [0.3, 0.4) is 0 Å². The third-order valence-corrected chi connectivity index (χ3v) is 3.19. The fourth-order valence-electron chi connectivity index (χ4n) is 2.08. The van der Waals surface area contributed by atoms with E-state index in [0.29, 0.717) is 19.1 Å². The Labute approximate surface area is 128 Å². The van der Waals surface area contributed by atoms with Crippen LogP contribution >= 0.6 is 0 Å². The number of rotatable bonds is 8. The maximum absolute atomic E-state index is 8.72. The monoisotopic (exact) mass is 289 g/mol. The first-order chi connectivity index (χ1) is 10.2. The van der Waals surface area contributed by atoms with Crippen molar-refractivity contribution in [3.8, 4) is 17.6 Å². The van der Waals surface area contributed by atoms with Crippen LogP contribution in [0.5, 0.6) is 5.75 Å². The number of benzene rings is 1. The first-order valence-corrected chi connectivity index (χ1v) is 7.74. The van der Waals surface area contributed by atoms with Crippen molar-refractivity contribution in [3.63, 3.8) is 0 Å². The van der Waals surface area contributed by atoms with Crippen molar-refractivity contribution < 1.29 is 9.84 Å². The van der Waals surface area contributed by atoms with E-state index in [1.165, 1.54) is 0 Å². The van der Waals surface area contributed by atoms with Gasteiger partial charge in [-0.15, -0.1) is 0 Å². The lowest BCUT2D eigenvalue weighted by Crippen LogP contribution is -2.35. The summed E-state index contributed by atoms with van der Waals surface area (Å²) in [4.78, 5) is 2.42. The van der Waals surface area contributed by atoms with Crippen molar-refractivity contribution in [3.05, 3.63) is 29.8 Å². The quantitative estimate of drug-likeness (QED) is 0.747. The Balaban J connectivity index is 2.48. The van der Waals surface area contributed by atoms with Gasteiger partial charge >= 0.3 is 0 Å². The lowest BCUT2D eigenvalue weighted by molar-refractivity contribution is 0.176. The minimum Gasteiger partial charge on any atom is -0.492 e. The summed E-state index contributed by atoms with van der Waals surface area (Å²) in [6.07, 6.45) is 1.67. The molecule has 0 amide bonds. The largest absolute Gasteiger partial charge is 0.492 e. The standard InChI is InChI=1S/C18H27NO2/c1-4-11-19(16(2)3)12-14-21-18-10-7-9-17(15-18)8-5-6-13-20/h7,9-10,15-16,20H,4,6,11-14H2,1-3H3. The van der Waals surface area contributed by atoms with Gasteiger partial charge in [0.25, 0.3) is 0 Å². The molecular weight excluding hydrogens is 262 g/mol. The number of hydrogen-bond donors (Lipinski definition) is 1. The molecule has 0 spiro atoms. The van der Waals surface area contributed by atoms with E-state index >= 15 is 0 Å². The van der Waals surface area contributed by atoms with Crippen LogP contribution in [0, 0.1) is 11.8 Å². The van der Waals surface area contributed by atoms with Gasteiger partial charge in [0, 0.05) is 24.6 Å². The van der Waals surface area contributed by atoms with Crippen LogP contribution in [0.2, 0.25) is 0 Å². The molecule has 116 valence electrons. The van der Waals surface area contributed by atoms with E-state index < -0.39 is 0 Å². The second-order valence-corrected chi connectivity index (χ2v) is 5.28. The van der Waals surface area contributed by atoms with Gasteiger partial charge in [0.15, 0.2) is 0 Å². The maximum Gasteiger partial charge on any atom is 0.120 e. The highest BCUT2D eigenvalue weighted by molar-refractivity contribution is 5.39. The smallest absolute Gasteiger partial charge is 0.120 e. The summed E-state index contributed by atoms with van der Waals surface area (Å²) in [6, 6.07) is 8.35. The molecule has 0 saturated heterocycles. The Morgan fingerprint density at radius 3 is 2.76 bits per heavy atom. The Morgan fingerprint density at radius 1 is 1.29 bits per heavy atom. The summed E-state index contributed by atoms with van der Waals surface area (Å²) in [5, 5.41) is 8.72. The number of ether oxygens (including phenoxy) is 1. The molecule has 0 radical (unpaired) electrons. The van der Waals surface area contributed by atoms with Crippen LogP contribution in [0.4, 0.5) is 0 Å². The molecule has 3 nitrogen and oxygen atoms in total. The molecule has 0 aliphatic carbocycles. The first-order valence-electron chi connectivity index (χ1n) is 7.74. The molecule has 0 atom stereocenters. The molecule has 1 aromatic carbocycles. The highest BCUT2D eigenvalue weighted by Crippen LogP contribution is 2.13. The second kappa shape index (κ2) is 10.3. The zero-order chi connectivity index (χ0) is 15.5. The molecule has 0 saturated carbocycles. The summed E-state index contributed by atoms with van der Waals surface area (Å²) in [6.45, 7) is 9.46. The van der Waals surface area contributed by atoms with Gasteiger partial charge in [-0.05, 0) is 45.0 Å². The highest BCUT2D eigenvalue weighted by Gasteiger charge is 2.07. The number of aliphatic hydroxyl groups excluding tert-OH is 1. The Kier molecular flexibility index (Phi) is 8.57. The van der Waals surface area contributed by atoms with Crippen molar-refractivity contribution in [1.29, 1.82) is 0 Å². The van der Waals surface area contributed by atoms with E-state index in [0.717, 1.165) is 30.8 Å². The Hall–Kier alpha value is -1.50. The summed E-state index contributed by atoms with van der Waals surface area (Å²) in [5.74, 6) is 6.80. The van der Waals surface area contributed by atoms with Crippen LogP contribution in [-0.4, -0.2) is 42.4 Å². The Bertz CT molecular complexity index is 460.